The number of carbonyl (C=O) groups is 1. The third-order valence-electron chi connectivity index (χ3n) is 1.60. The molecular formula is C8H14N2O2. The molecule has 1 atom stereocenters. The minimum absolute atomic E-state index is 0.255. The molecule has 0 aliphatic carbocycles. The van der Waals surface area contributed by atoms with Crippen LogP contribution in [0.3, 0.4) is 0 Å². The van der Waals surface area contributed by atoms with Crippen LogP contribution in [-0.2, 0) is 9.53 Å². The molecule has 4 heteroatoms. The maximum atomic E-state index is 11.0. The van der Waals surface area contributed by atoms with Crippen molar-refractivity contribution < 1.29 is 9.53 Å². The number of hydrogen-bond acceptors (Lipinski definition) is 4. The maximum Gasteiger partial charge on any atom is 0.309 e. The quantitative estimate of drug-likeness (QED) is 0.465. The molecule has 0 aromatic heterocycles. The molecule has 0 rings (SSSR count). The van der Waals surface area contributed by atoms with E-state index in [0.29, 0.717) is 19.3 Å². The molecule has 68 valence electrons. The van der Waals surface area contributed by atoms with Crippen molar-refractivity contribution in [1.29, 1.82) is 10.8 Å². The van der Waals surface area contributed by atoms with Crippen LogP contribution in [0.5, 0.6) is 0 Å². The van der Waals surface area contributed by atoms with Crippen LogP contribution < -0.4 is 0 Å². The molecule has 0 saturated heterocycles. The lowest BCUT2D eigenvalue weighted by atomic mass is 10.0. The Labute approximate surface area is 71.9 Å². The first kappa shape index (κ1) is 10.8. The van der Waals surface area contributed by atoms with Crippen LogP contribution in [0.4, 0.5) is 0 Å². The number of esters is 1. The van der Waals surface area contributed by atoms with Crippen molar-refractivity contribution in [2.24, 2.45) is 5.92 Å². The van der Waals surface area contributed by atoms with Gasteiger partial charge in [0.25, 0.3) is 0 Å². The molecule has 4 nitrogen and oxygen atoms in total. The van der Waals surface area contributed by atoms with Gasteiger partial charge in [0, 0.05) is 0 Å². The fourth-order valence-electron chi connectivity index (χ4n) is 0.925. The fourth-order valence-corrected chi connectivity index (χ4v) is 0.925. The zero-order valence-corrected chi connectivity index (χ0v) is 7.17. The van der Waals surface area contributed by atoms with Crippen molar-refractivity contribution in [2.45, 2.75) is 19.3 Å². The Balaban J connectivity index is 3.92. The summed E-state index contributed by atoms with van der Waals surface area (Å²) in [6, 6.07) is 0. The average Bonchev–Trinajstić information content (AvgIpc) is 2.11. The van der Waals surface area contributed by atoms with Crippen molar-refractivity contribution in [3.05, 3.63) is 0 Å². The van der Waals surface area contributed by atoms with E-state index >= 15 is 0 Å². The monoisotopic (exact) mass is 170 g/mol. The molecule has 0 fully saturated rings. The van der Waals surface area contributed by atoms with Crippen LogP contribution in [0.25, 0.3) is 0 Å². The molecule has 0 amide bonds. The van der Waals surface area contributed by atoms with Crippen LogP contribution in [0.1, 0.15) is 19.3 Å². The SMILES string of the molecule is COC(=O)C(CC=N)CCC=N. The van der Waals surface area contributed by atoms with Crippen LogP contribution >= 0.6 is 0 Å². The summed E-state index contributed by atoms with van der Waals surface area (Å²) in [5.41, 5.74) is 0. The highest BCUT2D eigenvalue weighted by molar-refractivity contribution is 5.76. The summed E-state index contributed by atoms with van der Waals surface area (Å²) in [4.78, 5) is 11.0. The van der Waals surface area contributed by atoms with E-state index < -0.39 is 0 Å². The molecule has 0 aromatic carbocycles. The summed E-state index contributed by atoms with van der Waals surface area (Å²) in [7, 11) is 1.34. The van der Waals surface area contributed by atoms with Crippen molar-refractivity contribution in [2.75, 3.05) is 7.11 Å². The second-order valence-electron chi connectivity index (χ2n) is 2.44. The van der Waals surface area contributed by atoms with Crippen molar-refractivity contribution >= 4 is 18.4 Å². The number of hydrogen-bond donors (Lipinski definition) is 2. The van der Waals surface area contributed by atoms with Gasteiger partial charge in [-0.15, -0.1) is 0 Å². The topological polar surface area (TPSA) is 74.0 Å². The van der Waals surface area contributed by atoms with Gasteiger partial charge in [0.1, 0.15) is 0 Å². The van der Waals surface area contributed by atoms with Gasteiger partial charge in [-0.3, -0.25) is 4.79 Å². The van der Waals surface area contributed by atoms with E-state index in [-0.39, 0.29) is 11.9 Å². The van der Waals surface area contributed by atoms with Gasteiger partial charge in [-0.1, -0.05) is 0 Å². The standard InChI is InChI=1S/C8H14N2O2/c1-12-8(11)7(4-6-10)3-2-5-9/h5-7,9-10H,2-4H2,1H3. The first-order chi connectivity index (χ1) is 5.76. The number of methoxy groups -OCH3 is 1. The Hall–Kier alpha value is -1.19. The van der Waals surface area contributed by atoms with Gasteiger partial charge in [0.15, 0.2) is 0 Å². The van der Waals surface area contributed by atoms with E-state index in [1.54, 1.807) is 0 Å². The fraction of sp³-hybridized carbons (Fsp3) is 0.625. The van der Waals surface area contributed by atoms with Crippen LogP contribution in [0.15, 0.2) is 0 Å². The predicted molar refractivity (Wildman–Crippen MR) is 46.9 cm³/mol. The molecular weight excluding hydrogens is 156 g/mol. The Morgan fingerprint density at radius 2 is 2.17 bits per heavy atom. The molecule has 0 aromatic rings. The van der Waals surface area contributed by atoms with Crippen LogP contribution in [0.2, 0.25) is 0 Å². The zero-order chi connectivity index (χ0) is 9.40. The third kappa shape index (κ3) is 3.85. The zero-order valence-electron chi connectivity index (χ0n) is 7.17. The van der Waals surface area contributed by atoms with Crippen molar-refractivity contribution in [1.82, 2.24) is 0 Å². The minimum Gasteiger partial charge on any atom is -0.469 e. The third-order valence-corrected chi connectivity index (χ3v) is 1.60. The van der Waals surface area contributed by atoms with Gasteiger partial charge in [0.05, 0.1) is 13.0 Å². The highest BCUT2D eigenvalue weighted by Gasteiger charge is 2.16. The molecule has 0 saturated carbocycles. The van der Waals surface area contributed by atoms with Gasteiger partial charge in [-0.2, -0.15) is 0 Å². The number of carbonyl (C=O) groups excluding carboxylic acids is 1. The first-order valence-corrected chi connectivity index (χ1v) is 3.82. The van der Waals surface area contributed by atoms with Gasteiger partial charge in [-0.25, -0.2) is 0 Å². The number of ether oxygens (including phenoxy) is 1. The number of nitrogens with one attached hydrogen (secondary N) is 2. The summed E-state index contributed by atoms with van der Waals surface area (Å²) in [6.07, 6.45) is 4.02. The molecule has 0 aliphatic heterocycles. The van der Waals surface area contributed by atoms with E-state index in [9.17, 15) is 4.79 Å². The second-order valence-corrected chi connectivity index (χ2v) is 2.44. The summed E-state index contributed by atoms with van der Waals surface area (Å²) in [6.45, 7) is 0. The highest BCUT2D eigenvalue weighted by Crippen LogP contribution is 2.10. The number of rotatable bonds is 6. The molecule has 12 heavy (non-hydrogen) atoms. The first-order valence-electron chi connectivity index (χ1n) is 3.82. The molecule has 0 heterocycles. The van der Waals surface area contributed by atoms with E-state index in [4.69, 9.17) is 10.8 Å². The van der Waals surface area contributed by atoms with E-state index in [1.165, 1.54) is 19.5 Å². The molecule has 0 spiro atoms. The Bertz CT molecular complexity index is 168. The smallest absolute Gasteiger partial charge is 0.309 e. The summed E-state index contributed by atoms with van der Waals surface area (Å²) in [5.74, 6) is -0.547. The average molecular weight is 170 g/mol. The molecule has 1 unspecified atom stereocenters. The lowest BCUT2D eigenvalue weighted by molar-refractivity contribution is -0.145. The molecule has 0 bridgehead atoms. The Morgan fingerprint density at radius 1 is 1.50 bits per heavy atom. The summed E-state index contributed by atoms with van der Waals surface area (Å²) in [5, 5.41) is 13.6. The maximum absolute atomic E-state index is 11.0. The highest BCUT2D eigenvalue weighted by atomic mass is 16.5. The van der Waals surface area contributed by atoms with Crippen LogP contribution in [-0.4, -0.2) is 25.5 Å². The van der Waals surface area contributed by atoms with E-state index in [2.05, 4.69) is 4.74 Å². The van der Waals surface area contributed by atoms with Gasteiger partial charge < -0.3 is 15.6 Å². The second kappa shape index (κ2) is 6.52. The Morgan fingerprint density at radius 3 is 2.58 bits per heavy atom. The molecule has 0 radical (unpaired) electrons. The summed E-state index contributed by atoms with van der Waals surface area (Å²) >= 11 is 0. The van der Waals surface area contributed by atoms with Gasteiger partial charge in [0.2, 0.25) is 0 Å². The largest absolute Gasteiger partial charge is 0.469 e. The predicted octanol–water partition coefficient (Wildman–Crippen LogP) is 1.25. The van der Waals surface area contributed by atoms with Gasteiger partial charge in [-0.05, 0) is 31.7 Å². The normalized spacial score (nSPS) is 11.8. The lowest BCUT2D eigenvalue weighted by Crippen LogP contribution is -2.16. The van der Waals surface area contributed by atoms with E-state index in [0.717, 1.165) is 0 Å². The summed E-state index contributed by atoms with van der Waals surface area (Å²) < 4.78 is 4.54. The van der Waals surface area contributed by atoms with E-state index in [1.807, 2.05) is 0 Å². The molecule has 0 aliphatic rings. The molecule has 2 N–H and O–H groups in total. The van der Waals surface area contributed by atoms with Crippen LogP contribution in [0, 0.1) is 16.7 Å². The van der Waals surface area contributed by atoms with Crippen molar-refractivity contribution in [3.8, 4) is 0 Å². The van der Waals surface area contributed by atoms with Gasteiger partial charge >= 0.3 is 5.97 Å². The Kier molecular flexibility index (Phi) is 5.87. The lowest BCUT2D eigenvalue weighted by Gasteiger charge is -2.09. The van der Waals surface area contributed by atoms with Crippen molar-refractivity contribution in [3.63, 3.8) is 0 Å². The minimum atomic E-state index is -0.291.